The first-order valence-corrected chi connectivity index (χ1v) is 35.4. The zero-order valence-electron chi connectivity index (χ0n) is 61.6. The van der Waals surface area contributed by atoms with Crippen molar-refractivity contribution in [1.29, 1.82) is 0 Å². The topological polar surface area (TPSA) is 482 Å². The Labute approximate surface area is 631 Å². The van der Waals surface area contributed by atoms with Crippen molar-refractivity contribution in [3.63, 3.8) is 0 Å². The molecule has 0 radical (unpaired) electrons. The van der Waals surface area contributed by atoms with Gasteiger partial charge in [0.1, 0.15) is 73.9 Å². The summed E-state index contributed by atoms with van der Waals surface area (Å²) in [6, 6.07) is 12.3. The summed E-state index contributed by atoms with van der Waals surface area (Å²) in [5, 5.41) is 5.49. The summed E-state index contributed by atoms with van der Waals surface area (Å²) in [5.74, 6) is -13.5. The van der Waals surface area contributed by atoms with E-state index in [1.807, 2.05) is 0 Å². The molecule has 0 aliphatic carbocycles. The molecule has 4 aliphatic heterocycles. The standard InChI is InChI=1S/C69H86N2O36S2/c1-30(72)88-26-48-54(92-34(5)76)58(94-36(7)78)62(98-40(11)82)66(102-48)106-56-50(28-90-32(3)74)104-68(64(100-42(13)84)60(56)96-38(9)80)108-46-22-18-44(19-23-46)70-52(86)16-15-17-53(87)71-45-20-24-47(25-21-45)109-69-65(101-43(14)85)61(97-39(10)81)57(51(105-69)29-91-33(4)75)107-67-63(99-41(12)83)59(95-37(8)79)55(93-35(6)77)49(103-67)27-89-31(2)73/h18-25,48-51,54-69H,15-17,26-29H2,1-14H3,(H,70,86)(H,71,87)/t48-,49-,50-,51-,54-,55-,56-,57-,58+,59+,60+,61+,62-,63-,64-,65-,66+,67+,68+,69+/m1/s1. The molecule has 0 aromatic heterocycles. The highest BCUT2D eigenvalue weighted by atomic mass is 32.2. The fourth-order valence-corrected chi connectivity index (χ4v) is 13.7. The molecule has 0 unspecified atom stereocenters. The van der Waals surface area contributed by atoms with Gasteiger partial charge in [-0.15, -0.1) is 0 Å². The second-order valence-corrected chi connectivity index (χ2v) is 26.9. The molecule has 2 N–H and O–H groups in total. The van der Waals surface area contributed by atoms with Crippen LogP contribution in [0.15, 0.2) is 58.3 Å². The van der Waals surface area contributed by atoms with Crippen LogP contribution >= 0.6 is 23.5 Å². The van der Waals surface area contributed by atoms with E-state index in [0.29, 0.717) is 21.2 Å². The summed E-state index contributed by atoms with van der Waals surface area (Å²) >= 11 is 1.87. The molecule has 0 bridgehead atoms. The average molecular weight is 1580 g/mol. The van der Waals surface area contributed by atoms with E-state index >= 15 is 0 Å². The molecule has 600 valence electrons. The summed E-state index contributed by atoms with van der Waals surface area (Å²) in [7, 11) is 0. The van der Waals surface area contributed by atoms with Gasteiger partial charge in [-0.05, 0) is 55.0 Å². The van der Waals surface area contributed by atoms with Crippen LogP contribution in [0.2, 0.25) is 0 Å². The Hall–Kier alpha value is -9.58. The van der Waals surface area contributed by atoms with Crippen molar-refractivity contribution in [2.24, 2.45) is 0 Å². The smallest absolute Gasteiger partial charge is 0.303 e. The van der Waals surface area contributed by atoms with Gasteiger partial charge in [-0.2, -0.15) is 0 Å². The summed E-state index contributed by atoms with van der Waals surface area (Å²) in [5.41, 5.74) is -2.02. The van der Waals surface area contributed by atoms with Gasteiger partial charge in [-0.1, -0.05) is 23.5 Å². The van der Waals surface area contributed by atoms with Crippen LogP contribution in [-0.2, 0) is 171 Å². The number of carbonyl (C=O) groups excluding carboxylic acids is 16. The van der Waals surface area contributed by atoms with Crippen LogP contribution in [-0.4, -0.2) is 243 Å². The minimum atomic E-state index is -1.89. The molecule has 2 amide bonds. The van der Waals surface area contributed by atoms with Crippen molar-refractivity contribution in [2.75, 3.05) is 37.1 Å². The number of anilines is 2. The summed E-state index contributed by atoms with van der Waals surface area (Å²) in [4.78, 5) is 203. The molecule has 2 aromatic carbocycles. The fraction of sp³-hybridized carbons (Fsp3) is 0.594. The fourth-order valence-electron chi connectivity index (χ4n) is 11.5. The molecule has 20 atom stereocenters. The molecule has 4 fully saturated rings. The van der Waals surface area contributed by atoms with Crippen molar-refractivity contribution >= 4 is 130 Å². The number of hydrogen-bond donors (Lipinski definition) is 2. The maximum absolute atomic E-state index is 13.3. The lowest BCUT2D eigenvalue weighted by Gasteiger charge is -2.48. The molecule has 6 rings (SSSR count). The highest BCUT2D eigenvalue weighted by Gasteiger charge is 2.60. The van der Waals surface area contributed by atoms with Crippen molar-refractivity contribution in [3.05, 3.63) is 48.5 Å². The van der Waals surface area contributed by atoms with Gasteiger partial charge in [0.25, 0.3) is 0 Å². The van der Waals surface area contributed by atoms with Crippen LogP contribution in [0.5, 0.6) is 0 Å². The number of nitrogens with one attached hydrogen (secondary N) is 2. The van der Waals surface area contributed by atoms with E-state index in [-0.39, 0.29) is 19.3 Å². The summed E-state index contributed by atoms with van der Waals surface area (Å²) in [6.45, 7) is 12.0. The molecule has 4 aliphatic rings. The number of esters is 14. The van der Waals surface area contributed by atoms with Gasteiger partial charge >= 0.3 is 83.6 Å². The number of hydrogen-bond acceptors (Lipinski definition) is 38. The molecule has 38 nitrogen and oxygen atoms in total. The zero-order chi connectivity index (χ0) is 80.7. The Kier molecular flexibility index (Phi) is 33.9. The maximum atomic E-state index is 13.3. The third kappa shape index (κ3) is 28.1. The van der Waals surface area contributed by atoms with Crippen LogP contribution in [0.4, 0.5) is 11.4 Å². The normalized spacial score (nSPS) is 27.7. The molecule has 0 saturated carbocycles. The molecular weight excluding hydrogens is 1500 g/mol. The number of ether oxygens (including phenoxy) is 20. The minimum Gasteiger partial charge on any atom is -0.463 e. The first kappa shape index (κ1) is 88.3. The Morgan fingerprint density at radius 1 is 0.284 bits per heavy atom. The summed E-state index contributed by atoms with van der Waals surface area (Å²) in [6.07, 6.45) is -29.9. The van der Waals surface area contributed by atoms with Crippen LogP contribution in [0.25, 0.3) is 0 Å². The van der Waals surface area contributed by atoms with E-state index in [1.165, 1.54) is 24.3 Å². The Bertz CT molecular complexity index is 3380. The van der Waals surface area contributed by atoms with Crippen LogP contribution in [0, 0.1) is 0 Å². The Morgan fingerprint density at radius 2 is 0.514 bits per heavy atom. The second-order valence-electron chi connectivity index (χ2n) is 24.6. The number of amides is 2. The lowest BCUT2D eigenvalue weighted by molar-refractivity contribution is -0.341. The van der Waals surface area contributed by atoms with Gasteiger partial charge < -0.3 is 105 Å². The molecule has 0 spiro atoms. The first-order chi connectivity index (χ1) is 51.3. The zero-order valence-corrected chi connectivity index (χ0v) is 63.3. The highest BCUT2D eigenvalue weighted by Crippen LogP contribution is 2.43. The lowest BCUT2D eigenvalue weighted by atomic mass is 9.96. The van der Waals surface area contributed by atoms with Crippen molar-refractivity contribution in [2.45, 2.75) is 247 Å². The molecule has 2 aromatic rings. The van der Waals surface area contributed by atoms with Crippen molar-refractivity contribution in [1.82, 2.24) is 0 Å². The van der Waals surface area contributed by atoms with E-state index in [1.54, 1.807) is 24.3 Å². The predicted octanol–water partition coefficient (Wildman–Crippen LogP) is 2.86. The first-order valence-electron chi connectivity index (χ1n) is 33.7. The van der Waals surface area contributed by atoms with E-state index < -0.39 is 243 Å². The lowest BCUT2D eigenvalue weighted by Crippen LogP contribution is -2.66. The van der Waals surface area contributed by atoms with E-state index in [9.17, 15) is 76.7 Å². The monoisotopic (exact) mass is 1580 g/mol. The minimum absolute atomic E-state index is 0.0690. The van der Waals surface area contributed by atoms with Gasteiger partial charge in [-0.3, -0.25) is 76.7 Å². The average Bonchev–Trinajstić information content (AvgIpc) is 0.769. The molecule has 40 heteroatoms. The van der Waals surface area contributed by atoms with E-state index in [4.69, 9.17) is 94.7 Å². The third-order valence-electron chi connectivity index (χ3n) is 15.4. The highest BCUT2D eigenvalue weighted by molar-refractivity contribution is 8.00. The summed E-state index contributed by atoms with van der Waals surface area (Å²) < 4.78 is 115. The maximum Gasteiger partial charge on any atom is 0.303 e. The molecule has 4 heterocycles. The quantitative estimate of drug-likeness (QED) is 0.0785. The molecular formula is C69H86N2O36S2. The van der Waals surface area contributed by atoms with Crippen molar-refractivity contribution < 1.29 is 171 Å². The van der Waals surface area contributed by atoms with E-state index in [2.05, 4.69) is 10.6 Å². The van der Waals surface area contributed by atoms with Gasteiger partial charge in [0.05, 0.1) is 0 Å². The molecule has 4 saturated heterocycles. The second kappa shape index (κ2) is 41.8. The van der Waals surface area contributed by atoms with Crippen molar-refractivity contribution in [3.8, 4) is 0 Å². The third-order valence-corrected chi connectivity index (χ3v) is 17.7. The SMILES string of the molecule is CC(=O)OC[C@H]1O[C@@H](Sc2ccc(NC(=O)CCCC(=O)Nc3ccc(S[C@@H]4O[C@H](COC(C)=O)[C@@H](O[C@@H]5O[C@H](COC(C)=O)[C@@H](OC(C)=O)[C@H](OC(C)=O)[C@H]5OC(C)=O)[C@H](OC(C)=O)[C@H]4OC(C)=O)cc3)cc2)[C@H](OC(C)=O)[C@@H](OC(C)=O)[C@@H]1O[C@@H]1O[C@H](COC(C)=O)[C@@H](OC(C)=O)[C@H](OC(C)=O)[C@H]1OC(C)=O. The van der Waals surface area contributed by atoms with Crippen LogP contribution < -0.4 is 10.6 Å². The van der Waals surface area contributed by atoms with Crippen LogP contribution in [0.3, 0.4) is 0 Å². The Balaban J connectivity index is 1.14. The number of rotatable bonds is 32. The number of thioether (sulfide) groups is 2. The van der Waals surface area contributed by atoms with Gasteiger partial charge in [0.2, 0.25) is 11.8 Å². The van der Waals surface area contributed by atoms with Gasteiger partial charge in [0.15, 0.2) is 73.6 Å². The largest absolute Gasteiger partial charge is 0.463 e. The van der Waals surface area contributed by atoms with Gasteiger partial charge in [0, 0.05) is 131 Å². The van der Waals surface area contributed by atoms with Gasteiger partial charge in [-0.25, -0.2) is 0 Å². The predicted molar refractivity (Wildman–Crippen MR) is 362 cm³/mol. The number of benzene rings is 2. The Morgan fingerprint density at radius 3 is 0.771 bits per heavy atom. The van der Waals surface area contributed by atoms with Crippen LogP contribution in [0.1, 0.15) is 116 Å². The van der Waals surface area contributed by atoms with E-state index in [0.717, 1.165) is 120 Å². The molecule has 109 heavy (non-hydrogen) atoms. The number of carbonyl (C=O) groups is 16.